The number of nitrogens with two attached hydrogens (primary N) is 1. The number of nitrogens with one attached hydrogen (secondary N) is 1. The Morgan fingerprint density at radius 2 is 1.70 bits per heavy atom. The number of sulfonamides is 1. The van der Waals surface area contributed by atoms with E-state index in [0.717, 1.165) is 27.8 Å². The second kappa shape index (κ2) is 8.43. The number of aromatic nitrogens is 4. The Balaban J connectivity index is 1.46. The van der Waals surface area contributed by atoms with Crippen LogP contribution in [0.4, 0.5) is 5.82 Å². The maximum atomic E-state index is 11.4. The molecule has 10 heteroatoms. The molecule has 0 radical (unpaired) electrons. The molecule has 0 saturated heterocycles. The van der Waals surface area contributed by atoms with Gasteiger partial charge in [0.25, 0.3) is 0 Å². The van der Waals surface area contributed by atoms with Gasteiger partial charge in [-0.3, -0.25) is 0 Å². The van der Waals surface area contributed by atoms with Gasteiger partial charge in [-0.05, 0) is 48.4 Å². The average Bonchev–Trinajstić information content (AvgIpc) is 3.23. The van der Waals surface area contributed by atoms with Crippen LogP contribution in [0.1, 0.15) is 5.56 Å². The molecule has 0 saturated carbocycles. The molecule has 8 nitrogen and oxygen atoms in total. The standard InChI is InChI=1S/C23H19ClN6O2S/c24-17-9-7-16(8-10-17)21-23-27-22(19-3-1-2-4-20(19)30(23)29-28-21)26-14-13-15-5-11-18(12-6-15)33(25,31)32/h1-12H,13-14H2,(H,26,27)(H2,25,31,32). The molecule has 0 bridgehead atoms. The Kier molecular flexibility index (Phi) is 5.45. The third kappa shape index (κ3) is 4.25. The van der Waals surface area contributed by atoms with Crippen molar-refractivity contribution >= 4 is 44.0 Å². The molecular formula is C23H19ClN6O2S. The van der Waals surface area contributed by atoms with Crippen molar-refractivity contribution in [2.75, 3.05) is 11.9 Å². The molecule has 0 aliphatic carbocycles. The highest BCUT2D eigenvalue weighted by Gasteiger charge is 2.15. The summed E-state index contributed by atoms with van der Waals surface area (Å²) < 4.78 is 24.6. The van der Waals surface area contributed by atoms with Gasteiger partial charge in [-0.15, -0.1) is 5.10 Å². The van der Waals surface area contributed by atoms with Gasteiger partial charge >= 0.3 is 0 Å². The Labute approximate surface area is 195 Å². The van der Waals surface area contributed by atoms with Crippen molar-refractivity contribution in [3.8, 4) is 11.3 Å². The van der Waals surface area contributed by atoms with Crippen molar-refractivity contribution in [1.82, 2.24) is 19.8 Å². The number of nitrogens with zero attached hydrogens (tertiary/aromatic N) is 4. The minimum Gasteiger partial charge on any atom is -0.369 e. The van der Waals surface area contributed by atoms with E-state index in [9.17, 15) is 8.42 Å². The zero-order chi connectivity index (χ0) is 23.0. The van der Waals surface area contributed by atoms with Crippen LogP contribution < -0.4 is 10.5 Å². The normalized spacial score (nSPS) is 11.8. The minimum absolute atomic E-state index is 0.0975. The van der Waals surface area contributed by atoms with Crippen molar-refractivity contribution < 1.29 is 8.42 Å². The van der Waals surface area contributed by atoms with E-state index in [1.807, 2.05) is 48.5 Å². The summed E-state index contributed by atoms with van der Waals surface area (Å²) in [6, 6.07) is 21.8. The number of fused-ring (bicyclic) bond motifs is 3. The Morgan fingerprint density at radius 3 is 2.42 bits per heavy atom. The number of rotatable bonds is 6. The lowest BCUT2D eigenvalue weighted by molar-refractivity contribution is 0.598. The van der Waals surface area contributed by atoms with Crippen LogP contribution in [0.3, 0.4) is 0 Å². The summed E-state index contributed by atoms with van der Waals surface area (Å²) in [5.41, 5.74) is 4.04. The van der Waals surface area contributed by atoms with E-state index in [1.54, 1.807) is 16.6 Å². The summed E-state index contributed by atoms with van der Waals surface area (Å²) in [5, 5.41) is 18.8. The Bertz CT molecular complexity index is 1570. The molecular weight excluding hydrogens is 460 g/mol. The molecule has 0 amide bonds. The summed E-state index contributed by atoms with van der Waals surface area (Å²) in [5.74, 6) is 0.719. The second-order valence-electron chi connectivity index (χ2n) is 7.52. The molecule has 0 unspecified atom stereocenters. The summed E-state index contributed by atoms with van der Waals surface area (Å²) in [6.45, 7) is 0.597. The number of primary sulfonamides is 1. The zero-order valence-electron chi connectivity index (χ0n) is 17.3. The van der Waals surface area contributed by atoms with Gasteiger partial charge in [-0.1, -0.05) is 53.2 Å². The Morgan fingerprint density at radius 1 is 0.970 bits per heavy atom. The van der Waals surface area contributed by atoms with Crippen molar-refractivity contribution in [1.29, 1.82) is 0 Å². The smallest absolute Gasteiger partial charge is 0.238 e. The fourth-order valence-electron chi connectivity index (χ4n) is 3.66. The van der Waals surface area contributed by atoms with Gasteiger partial charge < -0.3 is 5.32 Å². The fraction of sp³-hybridized carbons (Fsp3) is 0.0870. The molecule has 2 heterocycles. The van der Waals surface area contributed by atoms with Crippen molar-refractivity contribution in [2.45, 2.75) is 11.3 Å². The van der Waals surface area contributed by atoms with E-state index in [4.69, 9.17) is 21.7 Å². The molecule has 0 spiro atoms. The first kappa shape index (κ1) is 21.3. The Hall–Kier alpha value is -3.53. The molecule has 0 aliphatic heterocycles. The first-order chi connectivity index (χ1) is 15.9. The summed E-state index contributed by atoms with van der Waals surface area (Å²) >= 11 is 6.03. The molecule has 5 aromatic rings. The van der Waals surface area contributed by atoms with Gasteiger partial charge in [0.2, 0.25) is 10.0 Å². The summed E-state index contributed by atoms with van der Waals surface area (Å²) in [4.78, 5) is 4.94. The number of hydrogen-bond acceptors (Lipinski definition) is 6. The van der Waals surface area contributed by atoms with Crippen molar-refractivity contribution in [3.05, 3.63) is 83.4 Å². The maximum Gasteiger partial charge on any atom is 0.238 e. The molecule has 5 rings (SSSR count). The predicted octanol–water partition coefficient (Wildman–Crippen LogP) is 3.90. The highest BCUT2D eigenvalue weighted by Crippen LogP contribution is 2.28. The molecule has 0 fully saturated rings. The predicted molar refractivity (Wildman–Crippen MR) is 129 cm³/mol. The van der Waals surface area contributed by atoms with Crippen LogP contribution in [0.5, 0.6) is 0 Å². The van der Waals surface area contributed by atoms with E-state index >= 15 is 0 Å². The van der Waals surface area contributed by atoms with Crippen LogP contribution in [0, 0.1) is 0 Å². The van der Waals surface area contributed by atoms with E-state index in [0.29, 0.717) is 29.3 Å². The molecule has 2 aromatic heterocycles. The third-order valence-corrected chi connectivity index (χ3v) is 6.51. The second-order valence-corrected chi connectivity index (χ2v) is 9.52. The van der Waals surface area contributed by atoms with Gasteiger partial charge in [0.1, 0.15) is 11.5 Å². The number of anilines is 1. The summed E-state index contributed by atoms with van der Waals surface area (Å²) in [7, 11) is -3.70. The molecule has 3 aromatic carbocycles. The number of para-hydroxylation sites is 1. The van der Waals surface area contributed by atoms with Crippen LogP contribution in [0.2, 0.25) is 5.02 Å². The van der Waals surface area contributed by atoms with E-state index in [2.05, 4.69) is 15.6 Å². The van der Waals surface area contributed by atoms with E-state index < -0.39 is 10.0 Å². The van der Waals surface area contributed by atoms with E-state index in [-0.39, 0.29) is 4.90 Å². The zero-order valence-corrected chi connectivity index (χ0v) is 18.9. The van der Waals surface area contributed by atoms with Crippen LogP contribution >= 0.6 is 11.6 Å². The first-order valence-electron chi connectivity index (χ1n) is 10.2. The maximum absolute atomic E-state index is 11.4. The molecule has 0 atom stereocenters. The van der Waals surface area contributed by atoms with Gasteiger partial charge in [0.15, 0.2) is 5.65 Å². The van der Waals surface area contributed by atoms with Gasteiger partial charge in [0, 0.05) is 22.5 Å². The monoisotopic (exact) mass is 478 g/mol. The number of hydrogen-bond donors (Lipinski definition) is 2. The SMILES string of the molecule is NS(=O)(=O)c1ccc(CCNc2nc3c(-c4ccc(Cl)cc4)nnn3c3ccccc23)cc1. The third-order valence-electron chi connectivity index (χ3n) is 5.33. The highest BCUT2D eigenvalue weighted by atomic mass is 35.5. The minimum atomic E-state index is -3.70. The van der Waals surface area contributed by atoms with Crippen LogP contribution in [0.15, 0.2) is 77.7 Å². The quantitative estimate of drug-likeness (QED) is 0.382. The first-order valence-corrected chi connectivity index (χ1v) is 12.1. The molecule has 33 heavy (non-hydrogen) atoms. The molecule has 0 aliphatic rings. The van der Waals surface area contributed by atoms with E-state index in [1.165, 1.54) is 12.1 Å². The van der Waals surface area contributed by atoms with Crippen LogP contribution in [-0.4, -0.2) is 34.8 Å². The lowest BCUT2D eigenvalue weighted by atomic mass is 10.1. The topological polar surface area (TPSA) is 115 Å². The lowest BCUT2D eigenvalue weighted by Gasteiger charge is -2.11. The molecule has 166 valence electrons. The van der Waals surface area contributed by atoms with Gasteiger partial charge in [-0.2, -0.15) is 4.52 Å². The van der Waals surface area contributed by atoms with Crippen molar-refractivity contribution in [3.63, 3.8) is 0 Å². The number of benzene rings is 3. The summed E-state index contributed by atoms with van der Waals surface area (Å²) in [6.07, 6.45) is 0.674. The van der Waals surface area contributed by atoms with Gasteiger partial charge in [0.05, 0.1) is 10.4 Å². The number of halogens is 1. The largest absolute Gasteiger partial charge is 0.369 e. The lowest BCUT2D eigenvalue weighted by Crippen LogP contribution is -2.12. The van der Waals surface area contributed by atoms with Crippen molar-refractivity contribution in [2.24, 2.45) is 5.14 Å². The average molecular weight is 479 g/mol. The van der Waals surface area contributed by atoms with Gasteiger partial charge in [-0.25, -0.2) is 18.5 Å². The highest BCUT2D eigenvalue weighted by molar-refractivity contribution is 7.89. The fourth-order valence-corrected chi connectivity index (χ4v) is 4.31. The van der Waals surface area contributed by atoms with Crippen LogP contribution in [-0.2, 0) is 16.4 Å². The molecule has 3 N–H and O–H groups in total. The van der Waals surface area contributed by atoms with Crippen LogP contribution in [0.25, 0.3) is 27.8 Å².